The summed E-state index contributed by atoms with van der Waals surface area (Å²) in [6, 6.07) is 10.4. The van der Waals surface area contributed by atoms with E-state index in [0.717, 1.165) is 17.5 Å². The summed E-state index contributed by atoms with van der Waals surface area (Å²) in [7, 11) is 0. The number of aliphatic hydroxyl groups excluding tert-OH is 1. The molecular weight excluding hydrogens is 352 g/mol. The SMILES string of the molecule is Cc1cc(C(O)c2ccc(C(=O)OCC3CC4C=CC3C4)cc2)cc(C)c1O. The normalized spacial score (nSPS) is 23.8. The largest absolute Gasteiger partial charge is 0.507 e. The molecule has 1 saturated carbocycles. The fraction of sp³-hybridized carbons (Fsp3) is 0.375. The van der Waals surface area contributed by atoms with Crippen LogP contribution in [-0.2, 0) is 4.74 Å². The van der Waals surface area contributed by atoms with Gasteiger partial charge in [0, 0.05) is 0 Å². The number of hydrogen-bond donors (Lipinski definition) is 2. The summed E-state index contributed by atoms with van der Waals surface area (Å²) in [5, 5.41) is 20.6. The van der Waals surface area contributed by atoms with E-state index in [0.29, 0.717) is 41.1 Å². The van der Waals surface area contributed by atoms with Gasteiger partial charge in [-0.1, -0.05) is 24.3 Å². The number of aliphatic hydroxyl groups is 1. The highest BCUT2D eigenvalue weighted by Gasteiger charge is 2.36. The van der Waals surface area contributed by atoms with Crippen LogP contribution in [0.15, 0.2) is 48.6 Å². The van der Waals surface area contributed by atoms with Crippen LogP contribution in [0.25, 0.3) is 0 Å². The third-order valence-electron chi connectivity index (χ3n) is 6.14. The van der Waals surface area contributed by atoms with E-state index in [-0.39, 0.29) is 11.7 Å². The molecule has 0 saturated heterocycles. The van der Waals surface area contributed by atoms with E-state index in [2.05, 4.69) is 12.2 Å². The van der Waals surface area contributed by atoms with Gasteiger partial charge in [0.15, 0.2) is 0 Å². The molecule has 4 atom stereocenters. The topological polar surface area (TPSA) is 66.8 Å². The third-order valence-corrected chi connectivity index (χ3v) is 6.14. The first-order valence-corrected chi connectivity index (χ1v) is 9.86. The van der Waals surface area contributed by atoms with Crippen molar-refractivity contribution in [2.75, 3.05) is 6.61 Å². The van der Waals surface area contributed by atoms with E-state index in [1.54, 1.807) is 36.4 Å². The van der Waals surface area contributed by atoms with Crippen molar-refractivity contribution in [2.24, 2.45) is 17.8 Å². The Bertz CT molecular complexity index is 890. The number of carbonyl (C=O) groups excluding carboxylic acids is 1. The van der Waals surface area contributed by atoms with Crippen LogP contribution in [0, 0.1) is 31.6 Å². The minimum absolute atomic E-state index is 0.250. The van der Waals surface area contributed by atoms with Crippen LogP contribution < -0.4 is 0 Å². The molecule has 0 spiro atoms. The first-order chi connectivity index (χ1) is 13.4. The van der Waals surface area contributed by atoms with Gasteiger partial charge in [-0.05, 0) is 91.0 Å². The number of aryl methyl sites for hydroxylation is 2. The fourth-order valence-corrected chi connectivity index (χ4v) is 4.49. The Kier molecular flexibility index (Phi) is 4.98. The second kappa shape index (κ2) is 7.44. The van der Waals surface area contributed by atoms with Gasteiger partial charge in [0.2, 0.25) is 0 Å². The van der Waals surface area contributed by atoms with Crippen molar-refractivity contribution in [3.63, 3.8) is 0 Å². The van der Waals surface area contributed by atoms with Gasteiger partial charge in [0.25, 0.3) is 0 Å². The lowest BCUT2D eigenvalue weighted by Gasteiger charge is -2.18. The standard InChI is InChI=1S/C24H26O4/c1-14-9-20(10-15(2)22(14)25)23(26)17-5-7-18(8-6-17)24(27)28-13-21-12-16-3-4-19(21)11-16/h3-10,16,19,21,23,25-26H,11-13H2,1-2H3. The fourth-order valence-electron chi connectivity index (χ4n) is 4.49. The quantitative estimate of drug-likeness (QED) is 0.595. The van der Waals surface area contributed by atoms with Gasteiger partial charge >= 0.3 is 5.97 Å². The smallest absolute Gasteiger partial charge is 0.338 e. The average Bonchev–Trinajstić information content (AvgIpc) is 3.32. The zero-order valence-electron chi connectivity index (χ0n) is 16.3. The number of phenolic OH excluding ortho intramolecular Hbond substituents is 1. The maximum absolute atomic E-state index is 12.4. The molecule has 0 heterocycles. The Morgan fingerprint density at radius 3 is 2.32 bits per heavy atom. The van der Waals surface area contributed by atoms with Crippen LogP contribution in [0.1, 0.15) is 51.6 Å². The number of benzene rings is 2. The number of hydrogen-bond acceptors (Lipinski definition) is 4. The number of carbonyl (C=O) groups is 1. The molecule has 1 fully saturated rings. The van der Waals surface area contributed by atoms with E-state index in [1.165, 1.54) is 6.42 Å². The van der Waals surface area contributed by atoms with Crippen molar-refractivity contribution in [1.82, 2.24) is 0 Å². The molecule has 4 nitrogen and oxygen atoms in total. The lowest BCUT2D eigenvalue weighted by atomic mass is 9.94. The Morgan fingerprint density at radius 1 is 1.07 bits per heavy atom. The Balaban J connectivity index is 1.40. The Hall–Kier alpha value is -2.59. The van der Waals surface area contributed by atoms with E-state index < -0.39 is 6.10 Å². The van der Waals surface area contributed by atoms with E-state index in [1.807, 2.05) is 13.8 Å². The third kappa shape index (κ3) is 3.57. The van der Waals surface area contributed by atoms with Crippen molar-refractivity contribution >= 4 is 5.97 Å². The Labute approximate surface area is 165 Å². The molecule has 2 bridgehead atoms. The summed E-state index contributed by atoms with van der Waals surface area (Å²) in [6.07, 6.45) is 6.04. The van der Waals surface area contributed by atoms with Gasteiger partial charge in [0.05, 0.1) is 12.2 Å². The minimum atomic E-state index is -0.816. The van der Waals surface area contributed by atoms with Gasteiger partial charge < -0.3 is 14.9 Å². The molecular formula is C24H26O4. The lowest BCUT2D eigenvalue weighted by Crippen LogP contribution is -2.17. The summed E-state index contributed by atoms with van der Waals surface area (Å²) in [5.74, 6) is 1.61. The van der Waals surface area contributed by atoms with Gasteiger partial charge in [0.1, 0.15) is 11.9 Å². The second-order valence-corrected chi connectivity index (χ2v) is 8.17. The summed E-state index contributed by atoms with van der Waals surface area (Å²) in [5.41, 5.74) is 3.36. The summed E-state index contributed by atoms with van der Waals surface area (Å²) in [6.45, 7) is 4.09. The molecule has 0 amide bonds. The summed E-state index contributed by atoms with van der Waals surface area (Å²) >= 11 is 0. The van der Waals surface area contributed by atoms with Crippen LogP contribution in [0.2, 0.25) is 0 Å². The number of fused-ring (bicyclic) bond motifs is 2. The minimum Gasteiger partial charge on any atom is -0.507 e. The Morgan fingerprint density at radius 2 is 1.75 bits per heavy atom. The molecule has 2 N–H and O–H groups in total. The maximum atomic E-state index is 12.4. The first kappa shape index (κ1) is 18.8. The summed E-state index contributed by atoms with van der Waals surface area (Å²) in [4.78, 5) is 12.4. The highest BCUT2D eigenvalue weighted by atomic mass is 16.5. The number of aromatic hydroxyl groups is 1. The van der Waals surface area contributed by atoms with Crippen LogP contribution in [0.4, 0.5) is 0 Å². The number of rotatable bonds is 5. The number of phenols is 1. The predicted octanol–water partition coefficient (Wildman–Crippen LogP) is 4.46. The van der Waals surface area contributed by atoms with Crippen molar-refractivity contribution in [2.45, 2.75) is 32.8 Å². The molecule has 2 aliphatic carbocycles. The molecule has 4 heteroatoms. The number of allylic oxidation sites excluding steroid dienone is 2. The zero-order chi connectivity index (χ0) is 19.8. The van der Waals surface area contributed by atoms with Crippen LogP contribution in [0.5, 0.6) is 5.75 Å². The van der Waals surface area contributed by atoms with Gasteiger partial charge in [-0.3, -0.25) is 0 Å². The maximum Gasteiger partial charge on any atom is 0.338 e. The molecule has 28 heavy (non-hydrogen) atoms. The molecule has 4 rings (SSSR count). The van der Waals surface area contributed by atoms with E-state index in [9.17, 15) is 15.0 Å². The van der Waals surface area contributed by atoms with Crippen LogP contribution in [-0.4, -0.2) is 22.8 Å². The highest BCUT2D eigenvalue weighted by Crippen LogP contribution is 2.43. The first-order valence-electron chi connectivity index (χ1n) is 9.86. The van der Waals surface area contributed by atoms with Crippen molar-refractivity contribution < 1.29 is 19.7 Å². The van der Waals surface area contributed by atoms with Gasteiger partial charge in [-0.15, -0.1) is 0 Å². The average molecular weight is 378 g/mol. The molecule has 0 aromatic heterocycles. The number of ether oxygens (including phenoxy) is 1. The number of esters is 1. The molecule has 2 aliphatic rings. The molecule has 0 radical (unpaired) electrons. The molecule has 0 aliphatic heterocycles. The van der Waals surface area contributed by atoms with Crippen molar-refractivity contribution in [1.29, 1.82) is 0 Å². The van der Waals surface area contributed by atoms with Crippen LogP contribution in [0.3, 0.4) is 0 Å². The molecule has 146 valence electrons. The highest BCUT2D eigenvalue weighted by molar-refractivity contribution is 5.89. The monoisotopic (exact) mass is 378 g/mol. The van der Waals surface area contributed by atoms with Gasteiger partial charge in [-0.2, -0.15) is 0 Å². The van der Waals surface area contributed by atoms with Crippen molar-refractivity contribution in [3.05, 3.63) is 76.4 Å². The molecule has 2 aromatic rings. The molecule has 4 unspecified atom stereocenters. The predicted molar refractivity (Wildman–Crippen MR) is 107 cm³/mol. The van der Waals surface area contributed by atoms with Gasteiger partial charge in [-0.25, -0.2) is 4.79 Å². The van der Waals surface area contributed by atoms with E-state index >= 15 is 0 Å². The summed E-state index contributed by atoms with van der Waals surface area (Å²) < 4.78 is 5.53. The lowest BCUT2D eigenvalue weighted by molar-refractivity contribution is 0.0420. The van der Waals surface area contributed by atoms with E-state index in [4.69, 9.17) is 4.74 Å². The molecule has 2 aromatic carbocycles. The second-order valence-electron chi connectivity index (χ2n) is 8.17. The van der Waals surface area contributed by atoms with Crippen molar-refractivity contribution in [3.8, 4) is 5.75 Å². The zero-order valence-corrected chi connectivity index (χ0v) is 16.3. The van der Waals surface area contributed by atoms with Crippen LogP contribution >= 0.6 is 0 Å².